The van der Waals surface area contributed by atoms with Gasteiger partial charge in [0.05, 0.1) is 11.0 Å². The zero-order chi connectivity index (χ0) is 33.4. The number of para-hydroxylation sites is 1. The first-order valence-corrected chi connectivity index (χ1v) is 17.3. The number of rotatable bonds is 4. The van der Waals surface area contributed by atoms with Crippen LogP contribution in [0.4, 0.5) is 0 Å². The first-order valence-electron chi connectivity index (χ1n) is 17.3. The van der Waals surface area contributed by atoms with Crippen LogP contribution in [0, 0.1) is 0 Å². The summed E-state index contributed by atoms with van der Waals surface area (Å²) >= 11 is 0. The lowest BCUT2D eigenvalue weighted by atomic mass is 9.82. The monoisotopic (exact) mass is 645 g/mol. The lowest BCUT2D eigenvalue weighted by Gasteiger charge is -2.30. The van der Waals surface area contributed by atoms with Gasteiger partial charge in [-0.3, -0.25) is 4.57 Å². The van der Waals surface area contributed by atoms with E-state index in [0.29, 0.717) is 0 Å². The molecule has 0 amide bonds. The minimum atomic E-state index is -0.298. The molecule has 5 nitrogen and oxygen atoms in total. The number of aromatic nitrogens is 1. The fourth-order valence-electron chi connectivity index (χ4n) is 8.23. The molecule has 240 valence electrons. The number of allylic oxidation sites excluding steroid dienone is 2. The van der Waals surface area contributed by atoms with Crippen LogP contribution in [0.3, 0.4) is 0 Å². The lowest BCUT2D eigenvalue weighted by molar-refractivity contribution is 0.652. The van der Waals surface area contributed by atoms with Gasteiger partial charge in [-0.2, -0.15) is 0 Å². The van der Waals surface area contributed by atoms with Gasteiger partial charge in [-0.15, -0.1) is 0 Å². The van der Waals surface area contributed by atoms with E-state index in [-0.39, 0.29) is 17.6 Å². The van der Waals surface area contributed by atoms with Crippen LogP contribution in [0.25, 0.3) is 49.5 Å². The molecule has 5 heteroatoms. The van der Waals surface area contributed by atoms with Crippen molar-refractivity contribution in [3.8, 4) is 11.1 Å². The van der Waals surface area contributed by atoms with E-state index in [0.717, 1.165) is 28.6 Å². The number of fused-ring (bicyclic) bond motifs is 7. The SMILES string of the molecule is CC1(C)c2ccccc2-c2cc3c4ccccc4n(C4=CC=CC(C5=NC(c6ccccc6)=NC(c6cccc7ccccc67)N5)N4)c3cc21. The highest BCUT2D eigenvalue weighted by Crippen LogP contribution is 2.50. The van der Waals surface area contributed by atoms with Crippen LogP contribution in [-0.2, 0) is 5.41 Å². The Morgan fingerprint density at radius 1 is 0.640 bits per heavy atom. The van der Waals surface area contributed by atoms with Gasteiger partial charge in [-0.25, -0.2) is 9.98 Å². The fraction of sp³-hybridized carbons (Fsp3) is 0.111. The highest BCUT2D eigenvalue weighted by atomic mass is 15.2. The maximum atomic E-state index is 5.18. The van der Waals surface area contributed by atoms with Crippen LogP contribution in [0.1, 0.15) is 42.3 Å². The van der Waals surface area contributed by atoms with Gasteiger partial charge >= 0.3 is 0 Å². The molecule has 2 unspecified atom stereocenters. The summed E-state index contributed by atoms with van der Waals surface area (Å²) in [6, 6.07) is 47.5. The Kier molecular flexibility index (Phi) is 6.28. The van der Waals surface area contributed by atoms with Crippen LogP contribution < -0.4 is 10.6 Å². The van der Waals surface area contributed by atoms with E-state index >= 15 is 0 Å². The fourth-order valence-corrected chi connectivity index (χ4v) is 8.23. The molecule has 50 heavy (non-hydrogen) atoms. The molecule has 0 radical (unpaired) electrons. The summed E-state index contributed by atoms with van der Waals surface area (Å²) in [6.45, 7) is 4.69. The van der Waals surface area contributed by atoms with Crippen molar-refractivity contribution in [1.29, 1.82) is 0 Å². The van der Waals surface area contributed by atoms with Gasteiger partial charge < -0.3 is 10.6 Å². The second-order valence-corrected chi connectivity index (χ2v) is 13.9. The summed E-state index contributed by atoms with van der Waals surface area (Å²) in [5.41, 5.74) is 9.79. The normalized spacial score (nSPS) is 19.0. The first-order chi connectivity index (χ1) is 24.5. The molecule has 0 bridgehead atoms. The molecule has 2 N–H and O–H groups in total. The maximum absolute atomic E-state index is 5.18. The highest BCUT2D eigenvalue weighted by Gasteiger charge is 2.36. The van der Waals surface area contributed by atoms with Gasteiger partial charge in [0, 0.05) is 27.3 Å². The summed E-state index contributed by atoms with van der Waals surface area (Å²) in [5.74, 6) is 2.56. The van der Waals surface area contributed by atoms with Crippen molar-refractivity contribution in [2.24, 2.45) is 9.98 Å². The second kappa shape index (κ2) is 10.9. The lowest BCUT2D eigenvalue weighted by Crippen LogP contribution is -2.47. The molecule has 2 atom stereocenters. The maximum Gasteiger partial charge on any atom is 0.159 e. The molecule has 3 aliphatic rings. The number of benzene rings is 6. The molecule has 1 aliphatic carbocycles. The van der Waals surface area contributed by atoms with E-state index in [4.69, 9.17) is 9.98 Å². The zero-order valence-electron chi connectivity index (χ0n) is 27.9. The van der Waals surface area contributed by atoms with Crippen LogP contribution in [0.15, 0.2) is 162 Å². The number of aliphatic imine (C=N–C) groups is 2. The topological polar surface area (TPSA) is 53.7 Å². The largest absolute Gasteiger partial charge is 0.358 e. The molecule has 0 fully saturated rings. The van der Waals surface area contributed by atoms with Gasteiger partial charge in [0.1, 0.15) is 23.9 Å². The van der Waals surface area contributed by atoms with E-state index < -0.39 is 0 Å². The molecule has 7 aromatic rings. The van der Waals surface area contributed by atoms with Gasteiger partial charge in [-0.1, -0.05) is 141 Å². The standard InChI is InChI=1S/C45H35N5/c1-45(2)36-22-10-8-19-31(36)34-26-35-32-20-9-11-24-39(32)50(40(35)27-37(34)45)41-25-13-23-38(46-41)44-48-42(29-15-4-3-5-16-29)47-43(49-44)33-21-12-17-28-14-6-7-18-30(28)33/h3-27,38,43,46H,1-2H3,(H,47,48,49). The summed E-state index contributed by atoms with van der Waals surface area (Å²) in [6.07, 6.45) is 6.20. The van der Waals surface area contributed by atoms with E-state index in [9.17, 15) is 0 Å². The summed E-state index contributed by atoms with van der Waals surface area (Å²) in [4.78, 5) is 10.3. The predicted molar refractivity (Wildman–Crippen MR) is 208 cm³/mol. The number of hydrogen-bond acceptors (Lipinski definition) is 4. The van der Waals surface area contributed by atoms with Crippen molar-refractivity contribution in [2.45, 2.75) is 31.5 Å². The van der Waals surface area contributed by atoms with E-state index in [2.05, 4.69) is 163 Å². The molecule has 0 saturated carbocycles. The van der Waals surface area contributed by atoms with Crippen molar-refractivity contribution in [3.05, 3.63) is 174 Å². The van der Waals surface area contributed by atoms with Crippen molar-refractivity contribution in [3.63, 3.8) is 0 Å². The number of nitrogens with one attached hydrogen (secondary N) is 2. The average Bonchev–Trinajstić information content (AvgIpc) is 3.62. The Hall–Kier alpha value is -6.20. The number of hydrogen-bond donors (Lipinski definition) is 2. The van der Waals surface area contributed by atoms with Crippen molar-refractivity contribution in [2.75, 3.05) is 0 Å². The molecule has 1 aromatic heterocycles. The molecule has 6 aromatic carbocycles. The Morgan fingerprint density at radius 3 is 2.30 bits per heavy atom. The van der Waals surface area contributed by atoms with Crippen molar-refractivity contribution < 1.29 is 0 Å². The van der Waals surface area contributed by atoms with E-state index in [1.165, 1.54) is 54.8 Å². The summed E-state index contributed by atoms with van der Waals surface area (Å²) < 4.78 is 2.39. The predicted octanol–water partition coefficient (Wildman–Crippen LogP) is 9.73. The first kappa shape index (κ1) is 28.8. The number of dihydropyridines is 1. The van der Waals surface area contributed by atoms with E-state index in [1.54, 1.807) is 0 Å². The van der Waals surface area contributed by atoms with E-state index in [1.807, 2.05) is 18.2 Å². The van der Waals surface area contributed by atoms with Gasteiger partial charge in [0.2, 0.25) is 0 Å². The smallest absolute Gasteiger partial charge is 0.159 e. The van der Waals surface area contributed by atoms with Crippen LogP contribution in [0.5, 0.6) is 0 Å². The third kappa shape index (κ3) is 4.33. The third-order valence-corrected chi connectivity index (χ3v) is 10.7. The molecule has 2 aliphatic heterocycles. The van der Waals surface area contributed by atoms with Crippen LogP contribution in [-0.4, -0.2) is 22.3 Å². The number of nitrogens with zero attached hydrogens (tertiary/aromatic N) is 3. The van der Waals surface area contributed by atoms with Gasteiger partial charge in [0.15, 0.2) is 5.84 Å². The van der Waals surface area contributed by atoms with Crippen molar-refractivity contribution in [1.82, 2.24) is 15.2 Å². The molecular weight excluding hydrogens is 611 g/mol. The molecule has 0 saturated heterocycles. The van der Waals surface area contributed by atoms with Crippen LogP contribution >= 0.6 is 0 Å². The van der Waals surface area contributed by atoms with Crippen LogP contribution in [0.2, 0.25) is 0 Å². The minimum absolute atomic E-state index is 0.0945. The molecular formula is C45H35N5. The molecule has 10 rings (SSSR count). The molecule has 0 spiro atoms. The summed E-state index contributed by atoms with van der Waals surface area (Å²) in [7, 11) is 0. The Balaban J connectivity index is 1.08. The van der Waals surface area contributed by atoms with Crippen molar-refractivity contribution >= 4 is 50.1 Å². The third-order valence-electron chi connectivity index (χ3n) is 10.7. The second-order valence-electron chi connectivity index (χ2n) is 13.9. The molecule has 3 heterocycles. The average molecular weight is 646 g/mol. The van der Waals surface area contributed by atoms with Gasteiger partial charge in [0.25, 0.3) is 0 Å². The summed E-state index contributed by atoms with van der Waals surface area (Å²) in [5, 5.41) is 12.5. The Morgan fingerprint density at radius 2 is 1.40 bits per heavy atom. The minimum Gasteiger partial charge on any atom is -0.358 e. The highest BCUT2D eigenvalue weighted by molar-refractivity contribution is 6.13. The number of amidine groups is 2. The quantitative estimate of drug-likeness (QED) is 0.200. The Bertz CT molecular complexity index is 2630. The Labute approximate surface area is 291 Å². The zero-order valence-corrected chi connectivity index (χ0v) is 27.9. The van der Waals surface area contributed by atoms with Gasteiger partial charge in [-0.05, 0) is 57.3 Å².